The Morgan fingerprint density at radius 2 is 1.83 bits per heavy atom. The molecule has 1 amide bonds. The van der Waals surface area contributed by atoms with Crippen LogP contribution in [0.5, 0.6) is 5.75 Å². The minimum atomic E-state index is -0.332. The van der Waals surface area contributed by atoms with Gasteiger partial charge in [0, 0.05) is 10.7 Å². The second-order valence-electron chi connectivity index (χ2n) is 5.04. The van der Waals surface area contributed by atoms with Crippen LogP contribution in [0.2, 0.25) is 5.02 Å². The van der Waals surface area contributed by atoms with E-state index in [0.29, 0.717) is 10.8 Å². The van der Waals surface area contributed by atoms with E-state index in [9.17, 15) is 4.79 Å². The predicted molar refractivity (Wildman–Crippen MR) is 97.2 cm³/mol. The van der Waals surface area contributed by atoms with Gasteiger partial charge in [0.25, 0.3) is 5.91 Å². The van der Waals surface area contributed by atoms with E-state index < -0.39 is 0 Å². The Balaban J connectivity index is 1.81. The number of carbonyl (C=O) groups excluding carboxylic acids is 1. The Morgan fingerprint density at radius 3 is 2.48 bits per heavy atom. The zero-order valence-corrected chi connectivity index (χ0v) is 14.4. The third kappa shape index (κ3) is 5.54. The van der Waals surface area contributed by atoms with Crippen LogP contribution in [0.1, 0.15) is 11.1 Å². The number of nitrogens with one attached hydrogen (secondary N) is 2. The summed E-state index contributed by atoms with van der Waals surface area (Å²) in [6.07, 6.45) is 0. The molecule has 6 heteroatoms. The smallest absolute Gasteiger partial charge is 0.264 e. The second kappa shape index (κ2) is 7.94. The first kappa shape index (κ1) is 17.2. The van der Waals surface area contributed by atoms with Crippen LogP contribution in [-0.2, 0) is 4.79 Å². The quantitative estimate of drug-likeness (QED) is 0.824. The lowest BCUT2D eigenvalue weighted by molar-refractivity contribution is -0.121. The molecule has 120 valence electrons. The number of benzene rings is 2. The van der Waals surface area contributed by atoms with Crippen molar-refractivity contribution in [2.45, 2.75) is 13.8 Å². The number of hydrogen-bond donors (Lipinski definition) is 2. The van der Waals surface area contributed by atoms with E-state index in [1.807, 2.05) is 32.0 Å². The zero-order valence-electron chi connectivity index (χ0n) is 12.9. The molecule has 0 saturated carbocycles. The van der Waals surface area contributed by atoms with Crippen LogP contribution in [0.25, 0.3) is 0 Å². The lowest BCUT2D eigenvalue weighted by Crippen LogP contribution is -2.37. The van der Waals surface area contributed by atoms with Crippen LogP contribution >= 0.6 is 23.8 Å². The molecule has 2 N–H and O–H groups in total. The standard InChI is InChI=1S/C17H17ClN2O2S/c1-11-3-6-14(9-12(11)2)19-17(23)20-16(21)10-22-15-7-4-13(18)5-8-15/h3-9H,10H2,1-2H3,(H2,19,20,21,23). The van der Waals surface area contributed by atoms with Crippen molar-refractivity contribution in [2.75, 3.05) is 11.9 Å². The summed E-state index contributed by atoms with van der Waals surface area (Å²) in [5.74, 6) is 0.235. The number of rotatable bonds is 4. The van der Waals surface area contributed by atoms with Crippen molar-refractivity contribution in [2.24, 2.45) is 0 Å². The summed E-state index contributed by atoms with van der Waals surface area (Å²) >= 11 is 10.9. The van der Waals surface area contributed by atoms with E-state index in [1.54, 1.807) is 24.3 Å². The maximum absolute atomic E-state index is 11.8. The first-order chi connectivity index (χ1) is 10.9. The van der Waals surface area contributed by atoms with E-state index >= 15 is 0 Å². The van der Waals surface area contributed by atoms with Crippen LogP contribution in [0, 0.1) is 13.8 Å². The summed E-state index contributed by atoms with van der Waals surface area (Å²) in [4.78, 5) is 11.8. The second-order valence-corrected chi connectivity index (χ2v) is 5.89. The van der Waals surface area contributed by atoms with Crippen molar-refractivity contribution >= 4 is 40.5 Å². The number of hydrogen-bond acceptors (Lipinski definition) is 3. The fraction of sp³-hybridized carbons (Fsp3) is 0.176. The monoisotopic (exact) mass is 348 g/mol. The number of carbonyl (C=O) groups is 1. The van der Waals surface area contributed by atoms with Crippen molar-refractivity contribution in [1.29, 1.82) is 0 Å². The molecule has 0 bridgehead atoms. The van der Waals surface area contributed by atoms with Gasteiger partial charge in [0.15, 0.2) is 11.7 Å². The van der Waals surface area contributed by atoms with E-state index in [0.717, 1.165) is 11.3 Å². The molecule has 0 aromatic heterocycles. The lowest BCUT2D eigenvalue weighted by atomic mass is 10.1. The van der Waals surface area contributed by atoms with Gasteiger partial charge in [-0.25, -0.2) is 0 Å². The van der Waals surface area contributed by atoms with Crippen molar-refractivity contribution < 1.29 is 9.53 Å². The summed E-state index contributed by atoms with van der Waals surface area (Å²) in [7, 11) is 0. The van der Waals surface area contributed by atoms with Gasteiger partial charge in [0.2, 0.25) is 0 Å². The molecule has 0 spiro atoms. The molecular weight excluding hydrogens is 332 g/mol. The van der Waals surface area contributed by atoms with E-state index in [2.05, 4.69) is 10.6 Å². The highest BCUT2D eigenvalue weighted by atomic mass is 35.5. The normalized spacial score (nSPS) is 10.0. The van der Waals surface area contributed by atoms with Crippen molar-refractivity contribution in [3.63, 3.8) is 0 Å². The Morgan fingerprint density at radius 1 is 1.13 bits per heavy atom. The van der Waals surface area contributed by atoms with Gasteiger partial charge in [-0.2, -0.15) is 0 Å². The summed E-state index contributed by atoms with van der Waals surface area (Å²) in [5.41, 5.74) is 3.18. The average molecular weight is 349 g/mol. The Kier molecular flexibility index (Phi) is 5.96. The van der Waals surface area contributed by atoms with Gasteiger partial charge in [0.05, 0.1) is 0 Å². The molecule has 0 radical (unpaired) electrons. The molecule has 0 heterocycles. The highest BCUT2D eigenvalue weighted by Gasteiger charge is 2.06. The van der Waals surface area contributed by atoms with Crippen molar-refractivity contribution in [3.8, 4) is 5.75 Å². The van der Waals surface area contributed by atoms with Gasteiger partial charge in [-0.3, -0.25) is 10.1 Å². The number of thiocarbonyl (C=S) groups is 1. The number of aryl methyl sites for hydroxylation is 2. The third-order valence-electron chi connectivity index (χ3n) is 3.20. The van der Waals surface area contributed by atoms with Crippen molar-refractivity contribution in [3.05, 3.63) is 58.6 Å². The maximum atomic E-state index is 11.8. The number of amides is 1. The summed E-state index contributed by atoms with van der Waals surface area (Å²) in [6.45, 7) is 3.92. The molecule has 0 aliphatic heterocycles. The number of anilines is 1. The summed E-state index contributed by atoms with van der Waals surface area (Å²) in [5, 5.41) is 6.39. The topological polar surface area (TPSA) is 50.4 Å². The summed E-state index contributed by atoms with van der Waals surface area (Å²) in [6, 6.07) is 12.7. The van der Waals surface area contributed by atoms with Crippen LogP contribution < -0.4 is 15.4 Å². The highest BCUT2D eigenvalue weighted by Crippen LogP contribution is 2.15. The van der Waals surface area contributed by atoms with E-state index in [1.165, 1.54) is 5.56 Å². The predicted octanol–water partition coefficient (Wildman–Crippen LogP) is 3.85. The van der Waals surface area contributed by atoms with Crippen LogP contribution in [0.4, 0.5) is 5.69 Å². The molecule has 0 aliphatic rings. The largest absolute Gasteiger partial charge is 0.484 e. The van der Waals surface area contributed by atoms with Gasteiger partial charge < -0.3 is 10.1 Å². The Labute approximate surface area is 145 Å². The third-order valence-corrected chi connectivity index (χ3v) is 3.66. The Hall–Kier alpha value is -2.11. The fourth-order valence-corrected chi connectivity index (χ4v) is 2.18. The average Bonchev–Trinajstić information content (AvgIpc) is 2.50. The molecule has 0 atom stereocenters. The lowest BCUT2D eigenvalue weighted by Gasteiger charge is -2.11. The molecule has 0 fully saturated rings. The van der Waals surface area contributed by atoms with E-state index in [-0.39, 0.29) is 17.6 Å². The molecule has 2 rings (SSSR count). The highest BCUT2D eigenvalue weighted by molar-refractivity contribution is 7.80. The summed E-state index contributed by atoms with van der Waals surface area (Å²) < 4.78 is 5.35. The molecule has 2 aromatic rings. The van der Waals surface area contributed by atoms with Crippen LogP contribution in [0.15, 0.2) is 42.5 Å². The molecule has 2 aromatic carbocycles. The van der Waals surface area contributed by atoms with Gasteiger partial charge in [-0.15, -0.1) is 0 Å². The number of halogens is 1. The maximum Gasteiger partial charge on any atom is 0.264 e. The number of ether oxygens (including phenoxy) is 1. The first-order valence-corrected chi connectivity index (χ1v) is 7.79. The molecule has 23 heavy (non-hydrogen) atoms. The Bertz CT molecular complexity index is 717. The fourth-order valence-electron chi connectivity index (χ4n) is 1.82. The molecular formula is C17H17ClN2O2S. The molecule has 0 aliphatic carbocycles. The van der Waals surface area contributed by atoms with Gasteiger partial charge in [-0.1, -0.05) is 17.7 Å². The van der Waals surface area contributed by atoms with Gasteiger partial charge >= 0.3 is 0 Å². The van der Waals surface area contributed by atoms with Crippen LogP contribution in [0.3, 0.4) is 0 Å². The molecule has 0 unspecified atom stereocenters. The van der Waals surface area contributed by atoms with Crippen LogP contribution in [-0.4, -0.2) is 17.6 Å². The SMILES string of the molecule is Cc1ccc(NC(=S)NC(=O)COc2ccc(Cl)cc2)cc1C. The van der Waals surface area contributed by atoms with Gasteiger partial charge in [-0.05, 0) is 73.6 Å². The van der Waals surface area contributed by atoms with Gasteiger partial charge in [0.1, 0.15) is 5.75 Å². The first-order valence-electron chi connectivity index (χ1n) is 7.00. The van der Waals surface area contributed by atoms with E-state index in [4.69, 9.17) is 28.6 Å². The zero-order chi connectivity index (χ0) is 16.8. The minimum absolute atomic E-state index is 0.129. The molecule has 0 saturated heterocycles. The minimum Gasteiger partial charge on any atom is -0.484 e. The van der Waals surface area contributed by atoms with Crippen molar-refractivity contribution in [1.82, 2.24) is 5.32 Å². The molecule has 4 nitrogen and oxygen atoms in total.